The van der Waals surface area contributed by atoms with Crippen molar-refractivity contribution in [2.45, 2.75) is 58.2 Å². The van der Waals surface area contributed by atoms with E-state index in [1.807, 2.05) is 30.0 Å². The van der Waals surface area contributed by atoms with Gasteiger partial charge in [-0.25, -0.2) is 4.79 Å². The van der Waals surface area contributed by atoms with Crippen molar-refractivity contribution < 1.29 is 13.7 Å². The second kappa shape index (κ2) is 6.48. The monoisotopic (exact) mass is 317 g/mol. The highest BCUT2D eigenvalue weighted by Crippen LogP contribution is 2.34. The lowest BCUT2D eigenvalue weighted by molar-refractivity contribution is 0.165. The number of furan rings is 1. The Morgan fingerprint density at radius 1 is 1.43 bits per heavy atom. The molecule has 1 saturated carbocycles. The maximum absolute atomic E-state index is 12.6. The van der Waals surface area contributed by atoms with Gasteiger partial charge < -0.3 is 19.2 Å². The Morgan fingerprint density at radius 3 is 2.78 bits per heavy atom. The van der Waals surface area contributed by atoms with Gasteiger partial charge in [-0.2, -0.15) is 0 Å². The summed E-state index contributed by atoms with van der Waals surface area (Å²) >= 11 is 0. The van der Waals surface area contributed by atoms with Crippen molar-refractivity contribution in [3.8, 4) is 0 Å². The van der Waals surface area contributed by atoms with Gasteiger partial charge in [0.1, 0.15) is 5.76 Å². The van der Waals surface area contributed by atoms with Gasteiger partial charge >= 0.3 is 6.03 Å². The van der Waals surface area contributed by atoms with Crippen molar-refractivity contribution in [2.24, 2.45) is 0 Å². The first-order valence-corrected chi connectivity index (χ1v) is 8.11. The highest BCUT2D eigenvalue weighted by molar-refractivity contribution is 5.75. The molecule has 6 nitrogen and oxygen atoms in total. The van der Waals surface area contributed by atoms with Crippen molar-refractivity contribution in [3.05, 3.63) is 41.7 Å². The van der Waals surface area contributed by atoms with Gasteiger partial charge in [0.05, 0.1) is 24.5 Å². The van der Waals surface area contributed by atoms with Crippen LogP contribution in [0, 0.1) is 0 Å². The molecule has 1 aliphatic rings. The number of rotatable bonds is 6. The first-order chi connectivity index (χ1) is 11.1. The van der Waals surface area contributed by atoms with E-state index in [4.69, 9.17) is 8.94 Å². The van der Waals surface area contributed by atoms with Crippen molar-refractivity contribution in [3.63, 3.8) is 0 Å². The van der Waals surface area contributed by atoms with Gasteiger partial charge in [-0.05, 0) is 37.8 Å². The van der Waals surface area contributed by atoms with Crippen LogP contribution in [-0.2, 0) is 6.54 Å². The predicted molar refractivity (Wildman–Crippen MR) is 84.8 cm³/mol. The van der Waals surface area contributed by atoms with Gasteiger partial charge in [0.2, 0.25) is 0 Å². The molecule has 1 aliphatic carbocycles. The number of carbonyl (C=O) groups is 1. The SMILES string of the molecule is CC(C)c1cc(CNC(=O)N(C2CC2)[C@H](C)c2ccco2)on1. The number of aromatic nitrogens is 1. The molecule has 3 rings (SSSR count). The average Bonchev–Trinajstić information content (AvgIpc) is 3.05. The summed E-state index contributed by atoms with van der Waals surface area (Å²) in [5, 5.41) is 6.93. The summed E-state index contributed by atoms with van der Waals surface area (Å²) in [6.45, 7) is 6.44. The zero-order valence-electron chi connectivity index (χ0n) is 13.8. The first kappa shape index (κ1) is 15.6. The van der Waals surface area contributed by atoms with Crippen LogP contribution in [0.25, 0.3) is 0 Å². The number of nitrogens with one attached hydrogen (secondary N) is 1. The summed E-state index contributed by atoms with van der Waals surface area (Å²) in [4.78, 5) is 14.4. The smallest absolute Gasteiger partial charge is 0.318 e. The van der Waals surface area contributed by atoms with Gasteiger partial charge in [0.25, 0.3) is 0 Å². The van der Waals surface area contributed by atoms with Crippen molar-refractivity contribution in [1.29, 1.82) is 0 Å². The molecule has 0 saturated heterocycles. The van der Waals surface area contributed by atoms with Gasteiger partial charge in [-0.3, -0.25) is 0 Å². The predicted octanol–water partition coefficient (Wildman–Crippen LogP) is 3.83. The molecule has 6 heteroatoms. The van der Waals surface area contributed by atoms with Crippen LogP contribution >= 0.6 is 0 Å². The third kappa shape index (κ3) is 3.57. The molecule has 2 aromatic heterocycles. The van der Waals surface area contributed by atoms with Gasteiger partial charge in [0, 0.05) is 12.1 Å². The minimum Gasteiger partial charge on any atom is -0.467 e. The van der Waals surface area contributed by atoms with Crippen LogP contribution in [-0.4, -0.2) is 22.1 Å². The Hall–Kier alpha value is -2.24. The molecule has 0 spiro atoms. The number of urea groups is 1. The summed E-state index contributed by atoms with van der Waals surface area (Å²) in [6, 6.07) is 5.74. The minimum atomic E-state index is -0.0982. The van der Waals surface area contributed by atoms with Crippen LogP contribution in [0.5, 0.6) is 0 Å². The fourth-order valence-electron chi connectivity index (χ4n) is 2.62. The average molecular weight is 317 g/mol. The zero-order valence-corrected chi connectivity index (χ0v) is 13.8. The van der Waals surface area contributed by atoms with Crippen molar-refractivity contribution in [1.82, 2.24) is 15.4 Å². The molecule has 2 aromatic rings. The lowest BCUT2D eigenvalue weighted by Gasteiger charge is -2.28. The lowest BCUT2D eigenvalue weighted by Crippen LogP contribution is -2.42. The second-order valence-electron chi connectivity index (χ2n) is 6.36. The van der Waals surface area contributed by atoms with Crippen LogP contribution in [0.3, 0.4) is 0 Å². The molecular formula is C17H23N3O3. The van der Waals surface area contributed by atoms with Crippen LogP contribution in [0.4, 0.5) is 4.79 Å². The van der Waals surface area contributed by atoms with E-state index in [0.29, 0.717) is 18.2 Å². The Kier molecular flexibility index (Phi) is 4.41. The van der Waals surface area contributed by atoms with E-state index in [9.17, 15) is 4.79 Å². The van der Waals surface area contributed by atoms with E-state index in [0.717, 1.165) is 24.3 Å². The van der Waals surface area contributed by atoms with Gasteiger partial charge in [0.15, 0.2) is 5.76 Å². The maximum atomic E-state index is 12.6. The highest BCUT2D eigenvalue weighted by Gasteiger charge is 2.37. The fraction of sp³-hybridized carbons (Fsp3) is 0.529. The largest absolute Gasteiger partial charge is 0.467 e. The normalized spacial score (nSPS) is 15.7. The van der Waals surface area contributed by atoms with Crippen molar-refractivity contribution in [2.75, 3.05) is 0 Å². The summed E-state index contributed by atoms with van der Waals surface area (Å²) < 4.78 is 10.7. The highest BCUT2D eigenvalue weighted by atomic mass is 16.5. The summed E-state index contributed by atoms with van der Waals surface area (Å²) in [7, 11) is 0. The van der Waals surface area contributed by atoms with E-state index < -0.39 is 0 Å². The molecule has 23 heavy (non-hydrogen) atoms. The molecule has 1 N–H and O–H groups in total. The topological polar surface area (TPSA) is 71.5 Å². The quantitative estimate of drug-likeness (QED) is 0.879. The maximum Gasteiger partial charge on any atom is 0.318 e. The third-order valence-corrected chi connectivity index (χ3v) is 4.13. The molecular weight excluding hydrogens is 294 g/mol. The van der Waals surface area contributed by atoms with Gasteiger partial charge in [-0.15, -0.1) is 0 Å². The molecule has 1 fully saturated rings. The van der Waals surface area contributed by atoms with Crippen LogP contribution < -0.4 is 5.32 Å². The van der Waals surface area contributed by atoms with E-state index in [-0.39, 0.29) is 18.1 Å². The van der Waals surface area contributed by atoms with Crippen LogP contribution in [0.15, 0.2) is 33.4 Å². The Bertz CT molecular complexity index is 644. The minimum absolute atomic E-state index is 0.0848. The van der Waals surface area contributed by atoms with Gasteiger partial charge in [-0.1, -0.05) is 19.0 Å². The summed E-state index contributed by atoms with van der Waals surface area (Å²) in [5.74, 6) is 1.78. The van der Waals surface area contributed by atoms with Crippen LogP contribution in [0.1, 0.15) is 62.8 Å². The summed E-state index contributed by atoms with van der Waals surface area (Å²) in [5.41, 5.74) is 0.900. The standard InChI is InChI=1S/C17H23N3O3/c1-11(2)15-9-14(23-19-15)10-18-17(21)20(13-6-7-13)12(3)16-5-4-8-22-16/h4-5,8-9,11-13H,6-7,10H2,1-3H3,(H,18,21)/t12-/m1/s1. The number of hydrogen-bond donors (Lipinski definition) is 1. The lowest BCUT2D eigenvalue weighted by atomic mass is 10.1. The van der Waals surface area contributed by atoms with E-state index in [1.54, 1.807) is 6.26 Å². The number of hydrogen-bond acceptors (Lipinski definition) is 4. The second-order valence-corrected chi connectivity index (χ2v) is 6.36. The zero-order chi connectivity index (χ0) is 16.4. The molecule has 2 amide bonds. The molecule has 0 bridgehead atoms. The molecule has 124 valence electrons. The third-order valence-electron chi connectivity index (χ3n) is 4.13. The van der Waals surface area contributed by atoms with Crippen molar-refractivity contribution >= 4 is 6.03 Å². The summed E-state index contributed by atoms with van der Waals surface area (Å²) in [6.07, 6.45) is 3.72. The Balaban J connectivity index is 1.62. The molecule has 2 heterocycles. The van der Waals surface area contributed by atoms with E-state index >= 15 is 0 Å². The molecule has 0 aliphatic heterocycles. The fourth-order valence-corrected chi connectivity index (χ4v) is 2.62. The van der Waals surface area contributed by atoms with E-state index in [2.05, 4.69) is 24.3 Å². The Morgan fingerprint density at radius 2 is 2.22 bits per heavy atom. The molecule has 0 unspecified atom stereocenters. The van der Waals surface area contributed by atoms with E-state index in [1.165, 1.54) is 0 Å². The molecule has 1 atom stereocenters. The van der Waals surface area contributed by atoms with Crippen LogP contribution in [0.2, 0.25) is 0 Å². The molecule has 0 aromatic carbocycles. The number of amides is 2. The number of carbonyl (C=O) groups excluding carboxylic acids is 1. The number of nitrogens with zero attached hydrogens (tertiary/aromatic N) is 2. The molecule has 0 radical (unpaired) electrons. The Labute approximate surface area is 135 Å². The first-order valence-electron chi connectivity index (χ1n) is 8.11.